The van der Waals surface area contributed by atoms with Crippen LogP contribution in [0.2, 0.25) is 0 Å². The maximum absolute atomic E-state index is 13.8. The third-order valence-corrected chi connectivity index (χ3v) is 3.89. The van der Waals surface area contributed by atoms with Gasteiger partial charge in [-0.2, -0.15) is 0 Å². The van der Waals surface area contributed by atoms with E-state index < -0.39 is 5.82 Å². The molecule has 0 aromatic carbocycles. The molecule has 0 bridgehead atoms. The monoisotopic (exact) mass is 270 g/mol. The predicted octanol–water partition coefficient (Wildman–Crippen LogP) is 0.733. The topological polar surface area (TPSA) is 86.2 Å². The molecule has 1 saturated heterocycles. The van der Waals surface area contributed by atoms with E-state index in [1.54, 1.807) is 4.57 Å². The Morgan fingerprint density at radius 3 is 3.17 bits per heavy atom. The normalized spacial score (nSPS) is 23.9. The van der Waals surface area contributed by atoms with Gasteiger partial charge in [-0.1, -0.05) is 0 Å². The minimum absolute atomic E-state index is 0.0695. The molecule has 0 aliphatic carbocycles. The van der Waals surface area contributed by atoms with Gasteiger partial charge in [-0.3, -0.25) is 0 Å². The van der Waals surface area contributed by atoms with Crippen molar-refractivity contribution in [3.8, 4) is 0 Å². The fourth-order valence-corrected chi connectivity index (χ4v) is 2.90. The van der Waals surface area contributed by atoms with E-state index in [4.69, 9.17) is 15.6 Å². The summed E-state index contributed by atoms with van der Waals surface area (Å²) in [4.78, 5) is 7.80. The molecule has 18 heavy (non-hydrogen) atoms. The molecule has 2 aromatic heterocycles. The third kappa shape index (κ3) is 1.73. The molecule has 3 N–H and O–H groups in total. The number of hydrogen-bond acceptors (Lipinski definition) is 6. The molecule has 0 unspecified atom stereocenters. The molecule has 1 aliphatic rings. The zero-order valence-electron chi connectivity index (χ0n) is 9.28. The van der Waals surface area contributed by atoms with Crippen LogP contribution in [0.5, 0.6) is 0 Å². The molecule has 0 saturated carbocycles. The summed E-state index contributed by atoms with van der Waals surface area (Å²) in [6.45, 7) is -0.0695. The van der Waals surface area contributed by atoms with Crippen molar-refractivity contribution < 1.29 is 14.2 Å². The first kappa shape index (κ1) is 11.7. The van der Waals surface area contributed by atoms with Crippen LogP contribution in [0.15, 0.2) is 12.5 Å². The smallest absolute Gasteiger partial charge is 0.154 e. The van der Waals surface area contributed by atoms with E-state index in [1.807, 2.05) is 0 Å². The average Bonchev–Trinajstić information content (AvgIpc) is 2.94. The first-order valence-electron chi connectivity index (χ1n) is 5.35. The van der Waals surface area contributed by atoms with Gasteiger partial charge in [0.25, 0.3) is 0 Å². The Morgan fingerprint density at radius 2 is 2.44 bits per heavy atom. The second-order valence-corrected chi connectivity index (χ2v) is 5.07. The lowest BCUT2D eigenvalue weighted by Gasteiger charge is -2.13. The molecule has 3 heterocycles. The zero-order valence-corrected chi connectivity index (χ0v) is 10.1. The van der Waals surface area contributed by atoms with Crippen LogP contribution in [0.25, 0.3) is 11.0 Å². The summed E-state index contributed by atoms with van der Waals surface area (Å²) in [6.07, 6.45) is 2.24. The van der Waals surface area contributed by atoms with Gasteiger partial charge >= 0.3 is 0 Å². The van der Waals surface area contributed by atoms with Gasteiger partial charge < -0.3 is 20.1 Å². The SMILES string of the molecule is Nc1ncnc2c1c(F)cn2[C@H]1CS[C@@H](CO)O1. The zero-order chi connectivity index (χ0) is 12.7. The Hall–Kier alpha value is -1.38. The average molecular weight is 270 g/mol. The minimum Gasteiger partial charge on any atom is -0.393 e. The highest BCUT2D eigenvalue weighted by Gasteiger charge is 2.29. The standard InChI is InChI=1S/C10H11FN4O2S/c11-5-1-15(6-3-18-7(2-16)17-6)10-8(5)9(12)13-4-14-10/h1,4,6-7,16H,2-3H2,(H2,12,13,14)/t6-,7+/m1/s1. The van der Waals surface area contributed by atoms with E-state index in [-0.39, 0.29) is 29.5 Å². The van der Waals surface area contributed by atoms with Crippen LogP contribution >= 0.6 is 11.8 Å². The number of nitrogen functional groups attached to an aromatic ring is 1. The van der Waals surface area contributed by atoms with Crippen LogP contribution in [-0.4, -0.2) is 37.4 Å². The van der Waals surface area contributed by atoms with Gasteiger partial charge in [0.15, 0.2) is 11.5 Å². The summed E-state index contributed by atoms with van der Waals surface area (Å²) < 4.78 is 21.0. The van der Waals surface area contributed by atoms with Crippen LogP contribution in [0.1, 0.15) is 6.23 Å². The van der Waals surface area contributed by atoms with E-state index in [9.17, 15) is 4.39 Å². The van der Waals surface area contributed by atoms with Crippen molar-refractivity contribution in [3.63, 3.8) is 0 Å². The van der Waals surface area contributed by atoms with Crippen molar-refractivity contribution in [2.75, 3.05) is 18.1 Å². The van der Waals surface area contributed by atoms with Crippen LogP contribution in [0.3, 0.4) is 0 Å². The molecule has 0 radical (unpaired) electrons. The maximum atomic E-state index is 13.8. The Balaban J connectivity index is 2.06. The van der Waals surface area contributed by atoms with Crippen LogP contribution < -0.4 is 5.73 Å². The number of rotatable bonds is 2. The molecule has 1 fully saturated rings. The summed E-state index contributed by atoms with van der Waals surface area (Å²) in [5.41, 5.74) is 5.76. The maximum Gasteiger partial charge on any atom is 0.154 e. The Bertz CT molecular complexity index is 591. The number of nitrogens with two attached hydrogens (primary N) is 1. The second kappa shape index (κ2) is 4.38. The molecule has 0 spiro atoms. The Kier molecular flexibility index (Phi) is 2.84. The fraction of sp³-hybridized carbons (Fsp3) is 0.400. The molecule has 96 valence electrons. The summed E-state index contributed by atoms with van der Waals surface area (Å²) in [7, 11) is 0. The summed E-state index contributed by atoms with van der Waals surface area (Å²) in [5, 5.41) is 9.23. The fourth-order valence-electron chi connectivity index (χ4n) is 1.97. The quantitative estimate of drug-likeness (QED) is 0.836. The largest absolute Gasteiger partial charge is 0.393 e. The minimum atomic E-state index is -0.468. The Morgan fingerprint density at radius 1 is 1.61 bits per heavy atom. The number of ether oxygens (including phenoxy) is 1. The van der Waals surface area contributed by atoms with E-state index in [2.05, 4.69) is 9.97 Å². The number of aliphatic hydroxyl groups excluding tert-OH is 1. The molecule has 1 aliphatic heterocycles. The van der Waals surface area contributed by atoms with Gasteiger partial charge in [-0.05, 0) is 0 Å². The van der Waals surface area contributed by atoms with E-state index in [0.717, 1.165) is 0 Å². The second-order valence-electron chi connectivity index (χ2n) is 3.88. The molecule has 2 aromatic rings. The van der Waals surface area contributed by atoms with Crippen molar-refractivity contribution in [1.82, 2.24) is 14.5 Å². The number of thioether (sulfide) groups is 1. The van der Waals surface area contributed by atoms with Crippen molar-refractivity contribution in [2.45, 2.75) is 11.7 Å². The number of hydrogen-bond donors (Lipinski definition) is 2. The van der Waals surface area contributed by atoms with Gasteiger partial charge in [0.1, 0.15) is 23.8 Å². The molecule has 3 rings (SSSR count). The van der Waals surface area contributed by atoms with E-state index >= 15 is 0 Å². The lowest BCUT2D eigenvalue weighted by Crippen LogP contribution is -2.14. The van der Waals surface area contributed by atoms with Gasteiger partial charge in [0, 0.05) is 11.9 Å². The van der Waals surface area contributed by atoms with Crippen LogP contribution in [0.4, 0.5) is 10.2 Å². The van der Waals surface area contributed by atoms with Crippen LogP contribution in [0, 0.1) is 5.82 Å². The van der Waals surface area contributed by atoms with Gasteiger partial charge in [-0.25, -0.2) is 14.4 Å². The highest BCUT2D eigenvalue weighted by atomic mass is 32.2. The molecular formula is C10H11FN4O2S. The first-order chi connectivity index (χ1) is 8.70. The Labute approximate surface area is 106 Å². The third-order valence-electron chi connectivity index (χ3n) is 2.79. The summed E-state index contributed by atoms with van der Waals surface area (Å²) >= 11 is 1.48. The lowest BCUT2D eigenvalue weighted by atomic mass is 10.4. The number of halogens is 1. The molecule has 8 heteroatoms. The molecule has 0 amide bonds. The van der Waals surface area contributed by atoms with E-state index in [1.165, 1.54) is 24.3 Å². The van der Waals surface area contributed by atoms with Crippen molar-refractivity contribution >= 4 is 28.6 Å². The molecule has 6 nitrogen and oxygen atoms in total. The van der Waals surface area contributed by atoms with Crippen molar-refractivity contribution in [3.05, 3.63) is 18.3 Å². The van der Waals surface area contributed by atoms with Gasteiger partial charge in [-0.15, -0.1) is 11.8 Å². The number of aromatic nitrogens is 3. The van der Waals surface area contributed by atoms with E-state index in [0.29, 0.717) is 11.4 Å². The number of anilines is 1. The summed E-state index contributed by atoms with van der Waals surface area (Å²) in [6, 6.07) is 0. The van der Waals surface area contributed by atoms with Crippen LogP contribution in [-0.2, 0) is 4.74 Å². The highest BCUT2D eigenvalue weighted by Crippen LogP contribution is 2.34. The number of nitrogens with zero attached hydrogens (tertiary/aromatic N) is 3. The number of aliphatic hydroxyl groups is 1. The predicted molar refractivity (Wildman–Crippen MR) is 65.4 cm³/mol. The molecule has 2 atom stereocenters. The van der Waals surface area contributed by atoms with Crippen molar-refractivity contribution in [2.24, 2.45) is 0 Å². The van der Waals surface area contributed by atoms with Gasteiger partial charge in [0.05, 0.1) is 12.0 Å². The summed E-state index contributed by atoms with van der Waals surface area (Å²) in [5.74, 6) is 0.267. The highest BCUT2D eigenvalue weighted by molar-refractivity contribution is 8.00. The number of fused-ring (bicyclic) bond motifs is 1. The first-order valence-corrected chi connectivity index (χ1v) is 6.40. The van der Waals surface area contributed by atoms with Gasteiger partial charge in [0.2, 0.25) is 0 Å². The lowest BCUT2D eigenvalue weighted by molar-refractivity contribution is -0.00185. The molecular weight excluding hydrogens is 259 g/mol. The van der Waals surface area contributed by atoms with Crippen molar-refractivity contribution in [1.29, 1.82) is 0 Å².